The van der Waals surface area contributed by atoms with Crippen molar-refractivity contribution in [1.82, 2.24) is 39.9 Å². The van der Waals surface area contributed by atoms with Crippen LogP contribution >= 0.6 is 0 Å². The van der Waals surface area contributed by atoms with E-state index < -0.39 is 47.3 Å². The molecule has 0 fully saturated rings. The maximum atomic E-state index is 12.6. The summed E-state index contributed by atoms with van der Waals surface area (Å²) in [6.45, 7) is 10.6. The number of pyridine rings is 4. The van der Waals surface area contributed by atoms with Gasteiger partial charge in [0.1, 0.15) is 46.5 Å². The highest BCUT2D eigenvalue weighted by atomic mass is 16.2. The molecule has 2 aliphatic rings. The zero-order chi connectivity index (χ0) is 57.1. The molecule has 0 radical (unpaired) electrons. The summed E-state index contributed by atoms with van der Waals surface area (Å²) in [5.74, 6) is -2.54. The fraction of sp³-hybridized carbons (Fsp3) is 0.143. The van der Waals surface area contributed by atoms with Crippen LogP contribution in [0.15, 0.2) is 72.8 Å². The minimum absolute atomic E-state index is 0.110. The van der Waals surface area contributed by atoms with Gasteiger partial charge in [0.25, 0.3) is 0 Å². The van der Waals surface area contributed by atoms with Crippen molar-refractivity contribution in [1.29, 1.82) is 0 Å². The highest BCUT2D eigenvalue weighted by Gasteiger charge is 2.23. The summed E-state index contributed by atoms with van der Waals surface area (Å²) in [5, 5.41) is 21.8. The lowest BCUT2D eigenvalue weighted by atomic mass is 10.0. The van der Waals surface area contributed by atoms with E-state index in [2.05, 4.69) is 72.4 Å². The molecule has 8 bridgehead atoms. The summed E-state index contributed by atoms with van der Waals surface area (Å²) in [6, 6.07) is 20.2. The van der Waals surface area contributed by atoms with Gasteiger partial charge < -0.3 is 52.5 Å². The first kappa shape index (κ1) is 53.8. The second-order valence-electron chi connectivity index (χ2n) is 18.5. The van der Waals surface area contributed by atoms with Gasteiger partial charge in [0.05, 0.1) is 22.8 Å². The van der Waals surface area contributed by atoms with E-state index in [4.69, 9.17) is 9.97 Å². The molecular weight excluding hydrogens is 1020 g/mol. The molecule has 24 heteroatoms. The van der Waals surface area contributed by atoms with Crippen LogP contribution in [-0.2, 0) is 38.4 Å². The lowest BCUT2D eigenvalue weighted by Gasteiger charge is -2.12. The average Bonchev–Trinajstić information content (AvgIpc) is 4.20. The Hall–Kier alpha value is -11.0. The Morgan fingerprint density at radius 2 is 0.438 bits per heavy atom. The fourth-order valence-corrected chi connectivity index (χ4v) is 9.07. The van der Waals surface area contributed by atoms with Gasteiger partial charge in [0, 0.05) is 99.7 Å². The number of hydrogen-bond acceptors (Lipinski definition) is 14. The van der Waals surface area contributed by atoms with Crippen LogP contribution in [0, 0.1) is 0 Å². The smallest absolute Gasteiger partial charge is 0.222 e. The molecule has 0 atom stereocenters. The van der Waals surface area contributed by atoms with Crippen LogP contribution in [0.2, 0.25) is 0 Å². The second kappa shape index (κ2) is 22.3. The summed E-state index contributed by atoms with van der Waals surface area (Å²) in [4.78, 5) is 136. The monoisotopic (exact) mass is 1070 g/mol. The van der Waals surface area contributed by atoms with Crippen molar-refractivity contribution in [2.24, 2.45) is 0 Å². The van der Waals surface area contributed by atoms with Gasteiger partial charge in [-0.15, -0.1) is 0 Å². The third-order valence-electron chi connectivity index (χ3n) is 11.6. The molecule has 7 aromatic heterocycles. The molecule has 80 heavy (non-hydrogen) atoms. The van der Waals surface area contributed by atoms with Crippen molar-refractivity contribution in [2.45, 2.75) is 55.4 Å². The van der Waals surface area contributed by atoms with Crippen molar-refractivity contribution in [3.05, 3.63) is 95.6 Å². The maximum Gasteiger partial charge on any atom is 0.222 e. The Morgan fingerprint density at radius 3 is 0.588 bits per heavy atom. The van der Waals surface area contributed by atoms with Crippen LogP contribution in [0.1, 0.15) is 78.2 Å². The number of carbonyl (C=O) groups is 8. The molecule has 7 aromatic rings. The van der Waals surface area contributed by atoms with Gasteiger partial charge in [0.15, 0.2) is 0 Å². The lowest BCUT2D eigenvalue weighted by Crippen LogP contribution is -2.11. The summed E-state index contributed by atoms with van der Waals surface area (Å²) in [5.41, 5.74) is 6.90. The van der Waals surface area contributed by atoms with Gasteiger partial charge in [-0.3, -0.25) is 38.4 Å². The lowest BCUT2D eigenvalue weighted by molar-refractivity contribution is -0.115. The van der Waals surface area contributed by atoms with Crippen LogP contribution in [0.4, 0.5) is 46.5 Å². The van der Waals surface area contributed by atoms with Gasteiger partial charge in [-0.25, -0.2) is 29.9 Å². The van der Waals surface area contributed by atoms with E-state index in [1.54, 1.807) is 97.1 Å². The van der Waals surface area contributed by atoms with Gasteiger partial charge in [-0.05, 0) is 119 Å². The molecule has 0 aliphatic carbocycles. The molecule has 0 unspecified atom stereocenters. The molecular formula is C56H50N16O8. The number of anilines is 8. The first-order valence-electron chi connectivity index (χ1n) is 24.6. The Kier molecular flexibility index (Phi) is 15.0. The largest absolute Gasteiger partial charge is 0.354 e. The zero-order valence-electron chi connectivity index (χ0n) is 44.2. The quantitative estimate of drug-likeness (QED) is 0.0548. The highest BCUT2D eigenvalue weighted by Crippen LogP contribution is 2.41. The van der Waals surface area contributed by atoms with Crippen molar-refractivity contribution < 1.29 is 38.4 Å². The minimum Gasteiger partial charge on any atom is -0.354 e. The molecule has 0 saturated carbocycles. The van der Waals surface area contributed by atoms with Crippen LogP contribution in [-0.4, -0.2) is 87.1 Å². The van der Waals surface area contributed by atoms with Crippen molar-refractivity contribution in [3.8, 4) is 44.5 Å². The molecule has 8 amide bonds. The Balaban J connectivity index is 1.50. The third-order valence-corrected chi connectivity index (χ3v) is 11.6. The first-order chi connectivity index (χ1) is 38.1. The number of fused-ring (bicyclic) bond motifs is 8. The molecule has 9 rings (SSSR count). The molecule has 0 saturated heterocycles. The SMILES string of the molecule is CC(=O)Nc1cc(-c2c3nc(c(-c4cc(NC(C)=O)nc(NC(C)=O)c4)c4ccc([nH]4)c(-c4cc(NC(C)=O)nc(NC(C)=O)c4)c4nc(c(-c5cc(NC(C)=O)nc(NC(C)=O)c5)c5ccc2[nH]5)C=C4)C=C3)cc(NC(C)=O)n1. The number of carbonyl (C=O) groups excluding carboxylic acids is 8. The predicted octanol–water partition coefficient (Wildman–Crippen LogP) is 8.57. The van der Waals surface area contributed by atoms with Gasteiger partial charge in [-0.1, -0.05) is 0 Å². The molecule has 10 N–H and O–H groups in total. The number of H-pyrrole nitrogens is 2. The number of aromatic nitrogens is 8. The van der Waals surface area contributed by atoms with E-state index in [1.807, 2.05) is 0 Å². The Labute approximate surface area is 454 Å². The van der Waals surface area contributed by atoms with E-state index in [1.165, 1.54) is 55.4 Å². The Bertz CT molecular complexity index is 3440. The standard InChI is InChI=1S/C56H50N16O8/c1-25(73)57-45-17-33(18-46(69-45)58-26(2)74)53-37-9-11-39(65-37)54(34-19-47(59-27(3)75)70-48(20-34)60-28(4)76)41-13-15-43(67-41)56(36-23-51(63-31(7)79)72-52(24-36)64-32(8)80)44-16-14-42(68-44)55(40-12-10-38(53)66-40)35-21-49(61-29(5)77)71-50(22-35)62-30(6)78/h9-24,65,68H,1-8H3,(H2,57,58,69,73,74)(H2,59,60,70,75,76)(H2,61,62,71,77,78)(H2,63,64,72,79,80). The summed E-state index contributed by atoms with van der Waals surface area (Å²) in [6.07, 6.45) is 7.09. The Morgan fingerprint density at radius 1 is 0.275 bits per heavy atom. The number of amides is 8. The van der Waals surface area contributed by atoms with E-state index in [0.717, 1.165) is 0 Å². The van der Waals surface area contributed by atoms with Gasteiger partial charge >= 0.3 is 0 Å². The molecule has 9 heterocycles. The first-order valence-corrected chi connectivity index (χ1v) is 24.6. The summed E-state index contributed by atoms with van der Waals surface area (Å²) < 4.78 is 0. The minimum atomic E-state index is -0.428. The number of aromatic amines is 2. The van der Waals surface area contributed by atoms with Crippen LogP contribution < -0.4 is 42.5 Å². The number of nitrogens with one attached hydrogen (secondary N) is 10. The van der Waals surface area contributed by atoms with Crippen molar-refractivity contribution in [2.75, 3.05) is 42.5 Å². The van der Waals surface area contributed by atoms with Crippen molar-refractivity contribution >= 4 is 140 Å². The fourth-order valence-electron chi connectivity index (χ4n) is 9.07. The zero-order valence-corrected chi connectivity index (χ0v) is 44.2. The van der Waals surface area contributed by atoms with Crippen LogP contribution in [0.25, 0.3) is 90.9 Å². The van der Waals surface area contributed by atoms with E-state index in [0.29, 0.717) is 89.4 Å². The van der Waals surface area contributed by atoms with Gasteiger partial charge in [-0.2, -0.15) is 0 Å². The normalized spacial score (nSPS) is 11.3. The average molecular weight is 1080 g/mol. The molecule has 2 aliphatic heterocycles. The highest BCUT2D eigenvalue weighted by molar-refractivity contribution is 6.04. The van der Waals surface area contributed by atoms with Crippen LogP contribution in [0.3, 0.4) is 0 Å². The number of hydrogen-bond donors (Lipinski definition) is 10. The molecule has 0 aromatic carbocycles. The predicted molar refractivity (Wildman–Crippen MR) is 306 cm³/mol. The third kappa shape index (κ3) is 12.5. The number of rotatable bonds is 12. The summed E-state index contributed by atoms with van der Waals surface area (Å²) in [7, 11) is 0. The van der Waals surface area contributed by atoms with Crippen molar-refractivity contribution in [3.63, 3.8) is 0 Å². The molecule has 24 nitrogen and oxygen atoms in total. The number of nitrogens with zero attached hydrogens (tertiary/aromatic N) is 6. The van der Waals surface area contributed by atoms with E-state index in [9.17, 15) is 38.4 Å². The maximum absolute atomic E-state index is 12.6. The van der Waals surface area contributed by atoms with E-state index >= 15 is 0 Å². The van der Waals surface area contributed by atoms with E-state index in [-0.39, 0.29) is 46.5 Å². The van der Waals surface area contributed by atoms with Crippen LogP contribution in [0.5, 0.6) is 0 Å². The molecule has 0 spiro atoms. The second-order valence-corrected chi connectivity index (χ2v) is 18.5. The van der Waals surface area contributed by atoms with Gasteiger partial charge in [0.2, 0.25) is 47.3 Å². The topological polar surface area (TPSA) is 342 Å². The molecule has 402 valence electrons. The summed E-state index contributed by atoms with van der Waals surface area (Å²) >= 11 is 0.